The summed E-state index contributed by atoms with van der Waals surface area (Å²) in [5, 5.41) is 27.3. The van der Waals surface area contributed by atoms with Gasteiger partial charge in [0.15, 0.2) is 5.96 Å². The molecule has 4 atom stereocenters. The standard InChI is InChI=1S/C30H44N8O6/c31-15-5-4-10-23(27(41)38-25(29(43)44)18-19-7-2-1-3-8-19)36-28(42)24(17-20-11-13-21(39)14-12-20)37-26(40)22(32)9-6-16-35-30(33)34/h1-3,7-8,11-14,22-25,39H,4-6,9-10,15-18,31-32H2,(H,36,42)(H,37,40)(H,38,41)(H,43,44)(H4,33,34,35)/t22-,23-,24-,25-/m0/s1. The molecule has 0 spiro atoms. The molecule has 0 saturated heterocycles. The molecule has 0 bridgehead atoms. The highest BCUT2D eigenvalue weighted by atomic mass is 16.4. The van der Waals surface area contributed by atoms with E-state index in [-0.39, 0.29) is 43.9 Å². The van der Waals surface area contributed by atoms with E-state index in [4.69, 9.17) is 22.9 Å². The second kappa shape index (κ2) is 18.8. The van der Waals surface area contributed by atoms with Gasteiger partial charge in [0.2, 0.25) is 17.7 Å². The predicted molar refractivity (Wildman–Crippen MR) is 166 cm³/mol. The minimum atomic E-state index is -1.23. The molecule has 0 aliphatic carbocycles. The van der Waals surface area contributed by atoms with Crippen LogP contribution in [0.3, 0.4) is 0 Å². The molecule has 2 aromatic rings. The van der Waals surface area contributed by atoms with Crippen LogP contribution in [0.1, 0.15) is 43.2 Å². The van der Waals surface area contributed by atoms with Crippen molar-refractivity contribution in [2.45, 2.75) is 69.1 Å². The number of guanidine groups is 1. The van der Waals surface area contributed by atoms with Crippen LogP contribution in [0.25, 0.3) is 0 Å². The van der Waals surface area contributed by atoms with E-state index in [1.807, 2.05) is 0 Å². The SMILES string of the molecule is NCCCC[C@H](NC(=O)[C@H](Cc1ccc(O)cc1)NC(=O)[C@@H](N)CCCN=C(N)N)C(=O)N[C@@H](Cc1ccccc1)C(=O)O. The molecular weight excluding hydrogens is 568 g/mol. The van der Waals surface area contributed by atoms with Gasteiger partial charge in [-0.15, -0.1) is 0 Å². The van der Waals surface area contributed by atoms with E-state index >= 15 is 0 Å². The maximum atomic E-state index is 13.6. The maximum Gasteiger partial charge on any atom is 0.326 e. The molecule has 0 aliphatic heterocycles. The van der Waals surface area contributed by atoms with Crippen molar-refractivity contribution in [3.63, 3.8) is 0 Å². The van der Waals surface area contributed by atoms with Gasteiger partial charge < -0.3 is 49.1 Å². The molecule has 2 rings (SSSR count). The number of phenolic OH excluding ortho intramolecular Hbond substituents is 1. The molecule has 240 valence electrons. The summed E-state index contributed by atoms with van der Waals surface area (Å²) >= 11 is 0. The van der Waals surface area contributed by atoms with Crippen molar-refractivity contribution < 1.29 is 29.4 Å². The van der Waals surface area contributed by atoms with E-state index in [2.05, 4.69) is 20.9 Å². The maximum absolute atomic E-state index is 13.6. The van der Waals surface area contributed by atoms with Crippen LogP contribution in [0.2, 0.25) is 0 Å². The zero-order valence-corrected chi connectivity index (χ0v) is 24.7. The highest BCUT2D eigenvalue weighted by Gasteiger charge is 2.30. The van der Waals surface area contributed by atoms with Crippen LogP contribution in [-0.4, -0.2) is 77.1 Å². The van der Waals surface area contributed by atoms with Gasteiger partial charge in [0.1, 0.15) is 23.9 Å². The number of amides is 3. The molecule has 2 aromatic carbocycles. The fourth-order valence-electron chi connectivity index (χ4n) is 4.36. The van der Waals surface area contributed by atoms with E-state index in [9.17, 15) is 29.4 Å². The summed E-state index contributed by atoms with van der Waals surface area (Å²) in [4.78, 5) is 55.7. The number of aromatic hydroxyl groups is 1. The Morgan fingerprint density at radius 1 is 0.727 bits per heavy atom. The molecule has 0 unspecified atom stereocenters. The van der Waals surface area contributed by atoms with E-state index in [1.165, 1.54) is 12.1 Å². The third-order valence-electron chi connectivity index (χ3n) is 6.79. The Morgan fingerprint density at radius 3 is 1.91 bits per heavy atom. The Bertz CT molecular complexity index is 1240. The lowest BCUT2D eigenvalue weighted by Crippen LogP contribution is -2.57. The van der Waals surface area contributed by atoms with Crippen LogP contribution in [-0.2, 0) is 32.0 Å². The molecule has 0 radical (unpaired) electrons. The molecule has 44 heavy (non-hydrogen) atoms. The van der Waals surface area contributed by atoms with Crippen molar-refractivity contribution in [1.82, 2.24) is 16.0 Å². The molecule has 0 fully saturated rings. The molecule has 0 aromatic heterocycles. The lowest BCUT2D eigenvalue weighted by Gasteiger charge is -2.25. The molecule has 3 amide bonds. The molecule has 14 nitrogen and oxygen atoms in total. The first-order chi connectivity index (χ1) is 21.0. The van der Waals surface area contributed by atoms with Gasteiger partial charge in [-0.2, -0.15) is 0 Å². The lowest BCUT2D eigenvalue weighted by molar-refractivity contribution is -0.142. The lowest BCUT2D eigenvalue weighted by atomic mass is 10.0. The number of carbonyl (C=O) groups is 4. The van der Waals surface area contributed by atoms with Gasteiger partial charge in [0.05, 0.1) is 6.04 Å². The van der Waals surface area contributed by atoms with Crippen LogP contribution in [0.5, 0.6) is 5.75 Å². The summed E-state index contributed by atoms with van der Waals surface area (Å²) < 4.78 is 0. The average molecular weight is 613 g/mol. The predicted octanol–water partition coefficient (Wildman–Crippen LogP) is -0.774. The van der Waals surface area contributed by atoms with Gasteiger partial charge >= 0.3 is 5.97 Å². The monoisotopic (exact) mass is 612 g/mol. The normalized spacial score (nSPS) is 13.5. The van der Waals surface area contributed by atoms with Crippen LogP contribution in [0, 0.1) is 0 Å². The Hall–Kier alpha value is -4.69. The number of carboxylic acids is 1. The van der Waals surface area contributed by atoms with Gasteiger partial charge in [-0.1, -0.05) is 42.5 Å². The van der Waals surface area contributed by atoms with Crippen LogP contribution >= 0.6 is 0 Å². The minimum absolute atomic E-state index is 0.0292. The van der Waals surface area contributed by atoms with Crippen molar-refractivity contribution in [2.24, 2.45) is 27.9 Å². The van der Waals surface area contributed by atoms with Crippen LogP contribution < -0.4 is 38.9 Å². The zero-order chi connectivity index (χ0) is 32.5. The number of rotatable bonds is 19. The van der Waals surface area contributed by atoms with E-state index in [0.717, 1.165) is 5.56 Å². The van der Waals surface area contributed by atoms with E-state index in [1.54, 1.807) is 42.5 Å². The Balaban J connectivity index is 2.21. The fourth-order valence-corrected chi connectivity index (χ4v) is 4.36. The van der Waals surface area contributed by atoms with Crippen molar-refractivity contribution in [3.05, 3.63) is 65.7 Å². The quantitative estimate of drug-likeness (QED) is 0.0543. The number of phenols is 1. The average Bonchev–Trinajstić information content (AvgIpc) is 2.99. The van der Waals surface area contributed by atoms with Crippen molar-refractivity contribution in [2.75, 3.05) is 13.1 Å². The molecular formula is C30H44N8O6. The number of aliphatic carboxylic acids is 1. The molecule has 13 N–H and O–H groups in total. The second-order valence-electron chi connectivity index (χ2n) is 10.4. The smallest absolute Gasteiger partial charge is 0.326 e. The second-order valence-corrected chi connectivity index (χ2v) is 10.4. The molecule has 0 aliphatic rings. The summed E-state index contributed by atoms with van der Waals surface area (Å²) in [6.45, 7) is 0.649. The first kappa shape index (κ1) is 35.5. The fraction of sp³-hybridized carbons (Fsp3) is 0.433. The Kier molecular flexibility index (Phi) is 15.1. The number of nitrogens with zero attached hydrogens (tertiary/aromatic N) is 1. The largest absolute Gasteiger partial charge is 0.508 e. The summed E-state index contributed by atoms with van der Waals surface area (Å²) in [5.74, 6) is -3.20. The summed E-state index contributed by atoms with van der Waals surface area (Å²) in [6, 6.07) is 10.5. The van der Waals surface area contributed by atoms with Crippen LogP contribution in [0.15, 0.2) is 59.6 Å². The number of unbranched alkanes of at least 4 members (excludes halogenated alkanes) is 1. The number of nitrogens with one attached hydrogen (secondary N) is 3. The number of carboxylic acid groups (broad SMARTS) is 1. The number of nitrogens with two attached hydrogens (primary N) is 4. The molecule has 14 heteroatoms. The van der Waals surface area contributed by atoms with Gasteiger partial charge in [-0.3, -0.25) is 19.4 Å². The van der Waals surface area contributed by atoms with E-state index in [0.29, 0.717) is 31.4 Å². The van der Waals surface area contributed by atoms with Crippen molar-refractivity contribution in [1.29, 1.82) is 0 Å². The molecule has 0 heterocycles. The first-order valence-corrected chi connectivity index (χ1v) is 14.5. The number of hydrogen-bond donors (Lipinski definition) is 9. The summed E-state index contributed by atoms with van der Waals surface area (Å²) in [7, 11) is 0. The Morgan fingerprint density at radius 2 is 1.30 bits per heavy atom. The Labute approximate surface area is 256 Å². The summed E-state index contributed by atoms with van der Waals surface area (Å²) in [6.07, 6.45) is 2.01. The van der Waals surface area contributed by atoms with Gasteiger partial charge in [-0.05, 0) is 61.9 Å². The highest BCUT2D eigenvalue weighted by Crippen LogP contribution is 2.13. The third-order valence-corrected chi connectivity index (χ3v) is 6.79. The van der Waals surface area contributed by atoms with Gasteiger partial charge in [0, 0.05) is 19.4 Å². The number of benzene rings is 2. The van der Waals surface area contributed by atoms with Gasteiger partial charge in [-0.25, -0.2) is 4.79 Å². The van der Waals surface area contributed by atoms with Crippen LogP contribution in [0.4, 0.5) is 0 Å². The summed E-state index contributed by atoms with van der Waals surface area (Å²) in [5.41, 5.74) is 23.7. The topological polar surface area (TPSA) is 261 Å². The van der Waals surface area contributed by atoms with Crippen molar-refractivity contribution in [3.8, 4) is 5.75 Å². The van der Waals surface area contributed by atoms with Crippen molar-refractivity contribution >= 4 is 29.7 Å². The third kappa shape index (κ3) is 13.1. The number of carbonyl (C=O) groups excluding carboxylic acids is 3. The zero-order valence-electron chi connectivity index (χ0n) is 24.7. The first-order valence-electron chi connectivity index (χ1n) is 14.5. The van der Waals surface area contributed by atoms with E-state index < -0.39 is 47.9 Å². The molecule has 0 saturated carbocycles. The number of hydrogen-bond acceptors (Lipinski definition) is 8. The minimum Gasteiger partial charge on any atom is -0.508 e. The van der Waals surface area contributed by atoms with Gasteiger partial charge in [0.25, 0.3) is 0 Å². The number of aliphatic imine (C=N–C) groups is 1. The highest BCUT2D eigenvalue weighted by molar-refractivity contribution is 5.94.